The normalized spacial score (nSPS) is 26.4. The van der Waals surface area contributed by atoms with E-state index >= 15 is 0 Å². The van der Waals surface area contributed by atoms with Crippen LogP contribution in [0.4, 0.5) is 11.5 Å². The van der Waals surface area contributed by atoms with Crippen LogP contribution in [0.3, 0.4) is 0 Å². The molecule has 190 valence electrons. The van der Waals surface area contributed by atoms with E-state index in [4.69, 9.17) is 14.5 Å². The van der Waals surface area contributed by atoms with Crippen molar-refractivity contribution in [3.05, 3.63) is 54.0 Å². The number of carbonyl (C=O) groups is 1. The fourth-order valence-corrected chi connectivity index (χ4v) is 7.50. The lowest BCUT2D eigenvalue weighted by atomic mass is 9.49. The average Bonchev–Trinajstić information content (AvgIpc) is 3.31. The van der Waals surface area contributed by atoms with Crippen molar-refractivity contribution in [1.29, 1.82) is 0 Å². The largest absolute Gasteiger partial charge is 0.462 e. The van der Waals surface area contributed by atoms with Crippen molar-refractivity contribution in [2.75, 3.05) is 23.7 Å². The Morgan fingerprint density at radius 1 is 0.972 bits per heavy atom. The molecule has 4 aliphatic carbocycles. The van der Waals surface area contributed by atoms with Gasteiger partial charge in [0.2, 0.25) is 5.91 Å². The third-order valence-electron chi connectivity index (χ3n) is 8.49. The minimum atomic E-state index is -0.0807. The van der Waals surface area contributed by atoms with E-state index in [2.05, 4.69) is 16.0 Å². The summed E-state index contributed by atoms with van der Waals surface area (Å²) in [6.07, 6.45) is 8.61. The van der Waals surface area contributed by atoms with E-state index in [0.29, 0.717) is 25.3 Å². The number of hydrogen-bond donors (Lipinski definition) is 4. The standard InChI is InChI=1S/C29H36N4O3/c34-18-23-5-4-22(36-23)17-30-8-9-31-27-7-6-24-25(32-27)2-1-3-26(24)33-28(35)16-29-13-19-10-20(14-29)12-21(11-19)15-29/h1-7,19-21,30,34H,8-18H2,(H,31,32)(H,33,35). The first-order chi connectivity index (χ1) is 17.6. The number of carbonyl (C=O) groups excluding carboxylic acids is 1. The van der Waals surface area contributed by atoms with Crippen molar-refractivity contribution in [2.24, 2.45) is 23.2 Å². The van der Waals surface area contributed by atoms with Gasteiger partial charge in [-0.05, 0) is 98.1 Å². The average molecular weight is 489 g/mol. The Hall–Kier alpha value is -2.90. The quantitative estimate of drug-likeness (QED) is 0.298. The van der Waals surface area contributed by atoms with Crippen molar-refractivity contribution >= 4 is 28.3 Å². The molecule has 1 aromatic carbocycles. The Morgan fingerprint density at radius 3 is 2.44 bits per heavy atom. The van der Waals surface area contributed by atoms with Crippen LogP contribution in [0.25, 0.3) is 10.9 Å². The number of pyridine rings is 1. The second kappa shape index (κ2) is 9.87. The summed E-state index contributed by atoms with van der Waals surface area (Å²) in [6.45, 7) is 1.99. The van der Waals surface area contributed by atoms with Gasteiger partial charge in [0, 0.05) is 24.9 Å². The Bertz CT molecular complexity index is 1200. The lowest BCUT2D eigenvalue weighted by Gasteiger charge is -2.56. The maximum absolute atomic E-state index is 13.2. The fourth-order valence-electron chi connectivity index (χ4n) is 7.50. The number of furan rings is 1. The van der Waals surface area contributed by atoms with Crippen molar-refractivity contribution in [3.8, 4) is 0 Å². The molecule has 7 heteroatoms. The second-order valence-corrected chi connectivity index (χ2v) is 11.3. The lowest BCUT2D eigenvalue weighted by molar-refractivity contribution is -0.124. The van der Waals surface area contributed by atoms with Gasteiger partial charge in [-0.25, -0.2) is 4.98 Å². The van der Waals surface area contributed by atoms with Gasteiger partial charge in [-0.2, -0.15) is 0 Å². The van der Waals surface area contributed by atoms with Gasteiger partial charge in [0.25, 0.3) is 0 Å². The molecule has 36 heavy (non-hydrogen) atoms. The topological polar surface area (TPSA) is 99.4 Å². The number of amides is 1. The number of hydrogen-bond acceptors (Lipinski definition) is 6. The highest BCUT2D eigenvalue weighted by Crippen LogP contribution is 2.61. The summed E-state index contributed by atoms with van der Waals surface area (Å²) in [4.78, 5) is 17.9. The molecule has 2 heterocycles. The van der Waals surface area contributed by atoms with Crippen LogP contribution in [0.5, 0.6) is 0 Å². The maximum atomic E-state index is 13.2. The SMILES string of the molecule is O=C(CC12CC3CC(CC(C3)C1)C2)Nc1cccc2nc(NCCNCc3ccc(CO)o3)ccc12. The first kappa shape index (κ1) is 23.5. The minimum Gasteiger partial charge on any atom is -0.462 e. The van der Waals surface area contributed by atoms with E-state index in [1.54, 1.807) is 6.07 Å². The predicted octanol–water partition coefficient (Wildman–Crippen LogP) is 5.07. The number of rotatable bonds is 10. The molecule has 4 N–H and O–H groups in total. The minimum absolute atomic E-state index is 0.0807. The number of anilines is 2. The van der Waals surface area contributed by atoms with Crippen LogP contribution < -0.4 is 16.0 Å². The second-order valence-electron chi connectivity index (χ2n) is 11.3. The molecule has 1 amide bonds. The highest BCUT2D eigenvalue weighted by molar-refractivity contribution is 6.01. The van der Waals surface area contributed by atoms with Crippen molar-refractivity contribution < 1.29 is 14.3 Å². The van der Waals surface area contributed by atoms with E-state index in [9.17, 15) is 4.79 Å². The van der Waals surface area contributed by atoms with Crippen LogP contribution in [0, 0.1) is 23.2 Å². The van der Waals surface area contributed by atoms with Crippen LogP contribution in [-0.2, 0) is 17.9 Å². The third-order valence-corrected chi connectivity index (χ3v) is 8.49. The van der Waals surface area contributed by atoms with Crippen molar-refractivity contribution in [3.63, 3.8) is 0 Å². The summed E-state index contributed by atoms with van der Waals surface area (Å²) in [5, 5.41) is 19.9. The zero-order valence-electron chi connectivity index (χ0n) is 20.8. The molecular weight excluding hydrogens is 452 g/mol. The van der Waals surface area contributed by atoms with Gasteiger partial charge >= 0.3 is 0 Å². The fraction of sp³-hybridized carbons (Fsp3) is 0.517. The molecule has 4 saturated carbocycles. The Labute approximate surface area is 212 Å². The Kier molecular flexibility index (Phi) is 6.44. The summed E-state index contributed by atoms with van der Waals surface area (Å²) in [5.41, 5.74) is 1.96. The van der Waals surface area contributed by atoms with Gasteiger partial charge in [0.1, 0.15) is 23.9 Å². The predicted molar refractivity (Wildman–Crippen MR) is 140 cm³/mol. The first-order valence-electron chi connectivity index (χ1n) is 13.4. The third kappa shape index (κ3) is 5.00. The lowest BCUT2D eigenvalue weighted by Crippen LogP contribution is -2.47. The summed E-state index contributed by atoms with van der Waals surface area (Å²) < 4.78 is 5.48. The van der Waals surface area contributed by atoms with Gasteiger partial charge in [-0.15, -0.1) is 0 Å². The summed E-state index contributed by atoms with van der Waals surface area (Å²) >= 11 is 0. The number of fused-ring (bicyclic) bond motifs is 1. The van der Waals surface area contributed by atoms with Crippen molar-refractivity contribution in [1.82, 2.24) is 10.3 Å². The zero-order chi connectivity index (χ0) is 24.5. The van der Waals surface area contributed by atoms with Gasteiger partial charge in [0.05, 0.1) is 17.7 Å². The van der Waals surface area contributed by atoms with Gasteiger partial charge in [-0.3, -0.25) is 4.79 Å². The molecule has 0 radical (unpaired) electrons. The first-order valence-corrected chi connectivity index (χ1v) is 13.4. The number of benzene rings is 1. The molecule has 0 saturated heterocycles. The van der Waals surface area contributed by atoms with Crippen LogP contribution in [0.1, 0.15) is 56.5 Å². The van der Waals surface area contributed by atoms with E-state index in [0.717, 1.165) is 52.5 Å². The van der Waals surface area contributed by atoms with E-state index in [1.807, 2.05) is 36.4 Å². The smallest absolute Gasteiger partial charge is 0.224 e. The molecule has 4 aliphatic rings. The zero-order valence-corrected chi connectivity index (χ0v) is 20.8. The van der Waals surface area contributed by atoms with Gasteiger partial charge in [-0.1, -0.05) is 6.07 Å². The number of aliphatic hydroxyl groups excluding tert-OH is 1. The highest BCUT2D eigenvalue weighted by atomic mass is 16.4. The molecule has 4 fully saturated rings. The molecule has 7 nitrogen and oxygen atoms in total. The maximum Gasteiger partial charge on any atom is 0.224 e. The number of aliphatic hydroxyl groups is 1. The summed E-state index contributed by atoms with van der Waals surface area (Å²) in [5.74, 6) is 4.92. The summed E-state index contributed by atoms with van der Waals surface area (Å²) in [7, 11) is 0. The van der Waals surface area contributed by atoms with E-state index in [-0.39, 0.29) is 17.9 Å². The molecule has 3 aromatic rings. The summed E-state index contributed by atoms with van der Waals surface area (Å²) in [6, 6.07) is 13.6. The van der Waals surface area contributed by atoms with Crippen LogP contribution in [0.15, 0.2) is 46.9 Å². The Morgan fingerprint density at radius 2 is 1.72 bits per heavy atom. The van der Waals surface area contributed by atoms with Gasteiger partial charge in [0.15, 0.2) is 0 Å². The molecule has 7 rings (SSSR count). The molecule has 0 unspecified atom stereocenters. The van der Waals surface area contributed by atoms with Gasteiger partial charge < -0.3 is 25.5 Å². The molecular formula is C29H36N4O3. The van der Waals surface area contributed by atoms with E-state index in [1.165, 1.54) is 38.5 Å². The molecule has 4 bridgehead atoms. The Balaban J connectivity index is 1.03. The molecule has 0 atom stereocenters. The molecule has 0 spiro atoms. The monoisotopic (exact) mass is 488 g/mol. The number of nitrogens with zero attached hydrogens (tertiary/aromatic N) is 1. The van der Waals surface area contributed by atoms with Crippen molar-refractivity contribution in [2.45, 2.75) is 58.1 Å². The van der Waals surface area contributed by atoms with Crippen LogP contribution >= 0.6 is 0 Å². The highest BCUT2D eigenvalue weighted by Gasteiger charge is 2.51. The van der Waals surface area contributed by atoms with Crippen LogP contribution in [-0.4, -0.2) is 29.1 Å². The molecule has 0 aliphatic heterocycles. The van der Waals surface area contributed by atoms with E-state index < -0.39 is 0 Å². The number of nitrogens with one attached hydrogen (secondary N) is 3. The number of aromatic nitrogens is 1. The molecule has 2 aromatic heterocycles. The van der Waals surface area contributed by atoms with Crippen LogP contribution in [0.2, 0.25) is 0 Å².